The van der Waals surface area contributed by atoms with Crippen molar-refractivity contribution in [3.8, 4) is 11.5 Å². The molecule has 0 aliphatic carbocycles. The maximum Gasteiger partial charge on any atom is 0.153 e. The molecule has 0 fully saturated rings. The lowest BCUT2D eigenvalue weighted by atomic mass is 10.1. The van der Waals surface area contributed by atoms with Crippen molar-refractivity contribution in [1.29, 1.82) is 0 Å². The van der Waals surface area contributed by atoms with Gasteiger partial charge >= 0.3 is 0 Å². The topological polar surface area (TPSA) is 169 Å². The second-order valence-corrected chi connectivity index (χ2v) is 8.40. The number of nitrogens with zero attached hydrogens (tertiary/aromatic N) is 2. The maximum absolute atomic E-state index is 11.7. The molecule has 0 heterocycles. The Morgan fingerprint density at radius 1 is 0.897 bits per heavy atom. The van der Waals surface area contributed by atoms with E-state index >= 15 is 0 Å². The highest BCUT2D eigenvalue weighted by Gasteiger charge is 2.21. The standard InChI is InChI=1S/C17H14N2O8S2/c1-27-12-7-3-2-6-11(12)18-19-16-14(29(24,25)26)9-10-5-4-8-13(28(21,22)23)15(10)17(16)20/h2-9,20H,1H3,(H,21,22,23)(H,24,25,26)/p-2. The first-order chi connectivity index (χ1) is 13.5. The number of hydrogen-bond acceptors (Lipinski definition) is 10. The molecule has 0 saturated carbocycles. The van der Waals surface area contributed by atoms with Gasteiger partial charge in [0.2, 0.25) is 0 Å². The summed E-state index contributed by atoms with van der Waals surface area (Å²) in [6, 6.07) is 10.4. The number of benzene rings is 3. The van der Waals surface area contributed by atoms with E-state index < -0.39 is 46.9 Å². The number of methoxy groups -OCH3 is 1. The normalized spacial score (nSPS) is 12.5. The van der Waals surface area contributed by atoms with Gasteiger partial charge in [0.1, 0.15) is 37.4 Å². The molecule has 3 aromatic rings. The molecule has 12 heteroatoms. The molecule has 0 aliphatic rings. The first-order valence-electron chi connectivity index (χ1n) is 7.79. The average Bonchev–Trinajstić information content (AvgIpc) is 2.65. The van der Waals surface area contributed by atoms with Crippen molar-refractivity contribution in [2.45, 2.75) is 9.79 Å². The van der Waals surface area contributed by atoms with Crippen LogP contribution < -0.4 is 4.74 Å². The van der Waals surface area contributed by atoms with E-state index in [0.29, 0.717) is 0 Å². The molecule has 0 radical (unpaired) electrons. The summed E-state index contributed by atoms with van der Waals surface area (Å²) in [6.07, 6.45) is 0. The summed E-state index contributed by atoms with van der Waals surface area (Å²) in [5, 5.41) is 17.4. The van der Waals surface area contributed by atoms with E-state index in [0.717, 1.165) is 12.1 Å². The third kappa shape index (κ3) is 4.05. The van der Waals surface area contributed by atoms with Crippen LogP contribution in [0.5, 0.6) is 11.5 Å². The number of rotatable bonds is 5. The fourth-order valence-electron chi connectivity index (χ4n) is 2.68. The van der Waals surface area contributed by atoms with Crippen LogP contribution in [0.25, 0.3) is 10.8 Å². The van der Waals surface area contributed by atoms with E-state index in [1.807, 2.05) is 0 Å². The fourth-order valence-corrected chi connectivity index (χ4v) is 4.03. The average molecular weight is 436 g/mol. The molecule has 0 amide bonds. The van der Waals surface area contributed by atoms with Gasteiger partial charge in [-0.25, -0.2) is 16.8 Å². The van der Waals surface area contributed by atoms with Gasteiger partial charge in [-0.2, -0.15) is 0 Å². The van der Waals surface area contributed by atoms with Gasteiger partial charge in [-0.15, -0.1) is 10.2 Å². The lowest BCUT2D eigenvalue weighted by Crippen LogP contribution is -2.02. The van der Waals surface area contributed by atoms with E-state index in [4.69, 9.17) is 4.74 Å². The van der Waals surface area contributed by atoms with E-state index in [2.05, 4.69) is 10.2 Å². The number of phenols is 1. The second kappa shape index (κ2) is 7.40. The molecule has 3 aromatic carbocycles. The van der Waals surface area contributed by atoms with Gasteiger partial charge in [0, 0.05) is 5.39 Å². The lowest BCUT2D eigenvalue weighted by Gasteiger charge is -2.16. The molecule has 152 valence electrons. The number of para-hydroxylation sites is 1. The summed E-state index contributed by atoms with van der Waals surface area (Å²) in [7, 11) is -8.80. The molecule has 0 spiro atoms. The molecule has 0 bridgehead atoms. The Labute approximate surface area is 165 Å². The van der Waals surface area contributed by atoms with Crippen molar-refractivity contribution in [2.75, 3.05) is 7.11 Å². The van der Waals surface area contributed by atoms with E-state index in [-0.39, 0.29) is 16.8 Å². The Hall–Kier alpha value is -3.06. The zero-order valence-corrected chi connectivity index (χ0v) is 16.3. The van der Waals surface area contributed by atoms with Gasteiger partial charge in [0.05, 0.1) is 16.9 Å². The van der Waals surface area contributed by atoms with Gasteiger partial charge in [-0.05, 0) is 29.7 Å². The minimum absolute atomic E-state index is 0.147. The number of aromatic hydroxyl groups is 1. The molecule has 0 saturated heterocycles. The number of ether oxygens (including phenoxy) is 1. The zero-order valence-electron chi connectivity index (χ0n) is 14.6. The Morgan fingerprint density at radius 2 is 1.55 bits per heavy atom. The fraction of sp³-hybridized carbons (Fsp3) is 0.0588. The predicted molar refractivity (Wildman–Crippen MR) is 98.7 cm³/mol. The number of hydrogen-bond donors (Lipinski definition) is 1. The highest BCUT2D eigenvalue weighted by atomic mass is 32.2. The summed E-state index contributed by atoms with van der Waals surface area (Å²) in [5.41, 5.74) is -0.650. The van der Waals surface area contributed by atoms with Crippen LogP contribution in [-0.2, 0) is 20.2 Å². The van der Waals surface area contributed by atoms with Crippen LogP contribution in [0.3, 0.4) is 0 Å². The number of fused-ring (bicyclic) bond motifs is 1. The second-order valence-electron chi connectivity index (χ2n) is 5.71. The highest BCUT2D eigenvalue weighted by molar-refractivity contribution is 7.86. The van der Waals surface area contributed by atoms with Crippen molar-refractivity contribution in [2.24, 2.45) is 10.2 Å². The minimum atomic E-state index is -5.14. The van der Waals surface area contributed by atoms with Crippen molar-refractivity contribution >= 4 is 42.4 Å². The van der Waals surface area contributed by atoms with Crippen LogP contribution in [0.1, 0.15) is 0 Å². The Balaban J connectivity index is 2.38. The van der Waals surface area contributed by atoms with Gasteiger partial charge in [0.25, 0.3) is 0 Å². The quantitative estimate of drug-likeness (QED) is 0.470. The van der Waals surface area contributed by atoms with Crippen molar-refractivity contribution in [3.63, 3.8) is 0 Å². The lowest BCUT2D eigenvalue weighted by molar-refractivity contribution is 0.416. The molecule has 0 unspecified atom stereocenters. The van der Waals surface area contributed by atoms with Crippen LogP contribution in [0.15, 0.2) is 68.6 Å². The summed E-state index contributed by atoms with van der Waals surface area (Å²) in [6.45, 7) is 0. The molecule has 10 nitrogen and oxygen atoms in total. The predicted octanol–water partition coefficient (Wildman–Crippen LogP) is 2.78. The monoisotopic (exact) mass is 436 g/mol. The van der Waals surface area contributed by atoms with Gasteiger partial charge in [0.15, 0.2) is 5.75 Å². The third-order valence-electron chi connectivity index (χ3n) is 3.92. The van der Waals surface area contributed by atoms with E-state index in [1.165, 1.54) is 25.3 Å². The Bertz CT molecular complexity index is 1350. The van der Waals surface area contributed by atoms with Crippen LogP contribution >= 0.6 is 0 Å². The molecule has 29 heavy (non-hydrogen) atoms. The first kappa shape index (κ1) is 20.7. The van der Waals surface area contributed by atoms with Crippen molar-refractivity contribution in [1.82, 2.24) is 0 Å². The van der Waals surface area contributed by atoms with Gasteiger partial charge in [-0.1, -0.05) is 24.3 Å². The van der Waals surface area contributed by atoms with Gasteiger partial charge < -0.3 is 18.9 Å². The summed E-state index contributed by atoms with van der Waals surface area (Å²) >= 11 is 0. The van der Waals surface area contributed by atoms with Crippen LogP contribution in [-0.4, -0.2) is 38.2 Å². The summed E-state index contributed by atoms with van der Waals surface area (Å²) in [5.74, 6) is -0.712. The summed E-state index contributed by atoms with van der Waals surface area (Å²) in [4.78, 5) is -1.72. The third-order valence-corrected chi connectivity index (χ3v) is 5.65. The van der Waals surface area contributed by atoms with Crippen LogP contribution in [0.4, 0.5) is 11.4 Å². The molecular weight excluding hydrogens is 424 g/mol. The SMILES string of the molecule is COc1ccccc1N=Nc1c(S(=O)(=O)[O-])cc2cccc(S(=O)(=O)[O-])c2c1O. The molecule has 0 aliphatic heterocycles. The molecule has 0 atom stereocenters. The number of phenolic OH excluding ortho intramolecular Hbond substituents is 1. The number of azo groups is 1. The van der Waals surface area contributed by atoms with Crippen molar-refractivity contribution in [3.05, 3.63) is 48.5 Å². The molecule has 3 rings (SSSR count). The largest absolute Gasteiger partial charge is 0.744 e. The highest BCUT2D eigenvalue weighted by Crippen LogP contribution is 2.44. The minimum Gasteiger partial charge on any atom is -0.744 e. The van der Waals surface area contributed by atoms with Crippen LogP contribution in [0.2, 0.25) is 0 Å². The molecular formula is C17H12N2O8S2-2. The molecule has 0 aromatic heterocycles. The smallest absolute Gasteiger partial charge is 0.153 e. The summed E-state index contributed by atoms with van der Waals surface area (Å²) < 4.78 is 74.8. The molecule has 1 N–H and O–H groups in total. The first-order valence-corrected chi connectivity index (χ1v) is 10.6. The Morgan fingerprint density at radius 3 is 2.17 bits per heavy atom. The maximum atomic E-state index is 11.7. The Kier molecular flexibility index (Phi) is 5.28. The van der Waals surface area contributed by atoms with Crippen molar-refractivity contribution < 1.29 is 35.8 Å². The zero-order chi connectivity index (χ0) is 21.4. The van der Waals surface area contributed by atoms with E-state index in [1.54, 1.807) is 18.2 Å². The van der Waals surface area contributed by atoms with Gasteiger partial charge in [-0.3, -0.25) is 0 Å². The van der Waals surface area contributed by atoms with Crippen LogP contribution in [0, 0.1) is 0 Å². The van der Waals surface area contributed by atoms with E-state index in [9.17, 15) is 31.0 Å².